The molecule has 0 aromatic heterocycles. The molecule has 23 heteroatoms. The first-order chi connectivity index (χ1) is 36.7. The van der Waals surface area contributed by atoms with Crippen LogP contribution >= 0.6 is 0 Å². The highest BCUT2D eigenvalue weighted by Gasteiger charge is 2.81. The Bertz CT molecular complexity index is 2160. The van der Waals surface area contributed by atoms with Crippen LogP contribution in [0.25, 0.3) is 0 Å². The summed E-state index contributed by atoms with van der Waals surface area (Å²) in [7, 11) is 4.49. The normalized spacial score (nSPS) is 50.1. The predicted molar refractivity (Wildman–Crippen MR) is 269 cm³/mol. The molecule has 0 aromatic rings. The molecule has 0 radical (unpaired) electrons. The zero-order chi connectivity index (χ0) is 57.2. The summed E-state index contributed by atoms with van der Waals surface area (Å²) in [5.41, 5.74) is -6.41. The van der Waals surface area contributed by atoms with Crippen molar-refractivity contribution in [3.63, 3.8) is 0 Å². The van der Waals surface area contributed by atoms with E-state index in [0.717, 1.165) is 5.57 Å². The van der Waals surface area contributed by atoms with Crippen molar-refractivity contribution in [2.45, 2.75) is 266 Å². The first kappa shape index (κ1) is 61.7. The second kappa shape index (κ2) is 23.7. The van der Waals surface area contributed by atoms with Crippen molar-refractivity contribution >= 4 is 11.9 Å². The maximum atomic E-state index is 13.1. The molecule has 4 aliphatic carbocycles. The zero-order valence-corrected chi connectivity index (χ0v) is 47.1. The molecule has 0 aromatic carbocycles. The summed E-state index contributed by atoms with van der Waals surface area (Å²) in [4.78, 5) is 25.8. The van der Waals surface area contributed by atoms with Gasteiger partial charge in [-0.3, -0.25) is 4.79 Å². The lowest BCUT2D eigenvalue weighted by Crippen LogP contribution is -2.78. The van der Waals surface area contributed by atoms with Gasteiger partial charge in [0.05, 0.1) is 48.6 Å². The van der Waals surface area contributed by atoms with E-state index in [1.54, 1.807) is 54.7 Å². The summed E-state index contributed by atoms with van der Waals surface area (Å²) in [6, 6.07) is 0. The van der Waals surface area contributed by atoms with Gasteiger partial charge in [-0.25, -0.2) is 4.79 Å². The summed E-state index contributed by atoms with van der Waals surface area (Å²) >= 11 is 0. The highest BCUT2D eigenvalue weighted by molar-refractivity contribution is 5.87. The van der Waals surface area contributed by atoms with Gasteiger partial charge < -0.3 is 102 Å². The monoisotopic (exact) mass is 1120 g/mol. The maximum absolute atomic E-state index is 13.1. The third-order valence-electron chi connectivity index (χ3n) is 19.6. The van der Waals surface area contributed by atoms with Gasteiger partial charge >= 0.3 is 11.9 Å². The molecule has 3 saturated carbocycles. The number of ether oxygens (including phenoxy) is 13. The van der Waals surface area contributed by atoms with Crippen molar-refractivity contribution in [1.29, 1.82) is 0 Å². The minimum absolute atomic E-state index is 0.0109. The molecule has 8 aliphatic rings. The summed E-state index contributed by atoms with van der Waals surface area (Å²) in [6.45, 7) is 14.6. The Kier molecular flexibility index (Phi) is 18.8. The van der Waals surface area contributed by atoms with Crippen LogP contribution in [-0.4, -0.2) is 226 Å². The van der Waals surface area contributed by atoms with Crippen LogP contribution in [0.1, 0.15) is 120 Å². The van der Waals surface area contributed by atoms with Gasteiger partial charge in [0.2, 0.25) is 0 Å². The van der Waals surface area contributed by atoms with Gasteiger partial charge in [-0.15, -0.1) is 0 Å². The fourth-order valence-electron chi connectivity index (χ4n) is 14.7. The van der Waals surface area contributed by atoms with E-state index >= 15 is 0 Å². The molecular weight excluding hydrogens is 1030 g/mol. The molecule has 23 nitrogen and oxygen atoms in total. The number of allylic oxidation sites excluding steroid dienone is 1. The zero-order valence-electron chi connectivity index (χ0n) is 47.1. The van der Waals surface area contributed by atoms with Gasteiger partial charge in [0, 0.05) is 52.6 Å². The predicted octanol–water partition coefficient (Wildman–Crippen LogP) is 1.11. The molecule has 0 spiro atoms. The fraction of sp³-hybridized carbons (Fsp3) is 0.891. The summed E-state index contributed by atoms with van der Waals surface area (Å²) in [6.07, 6.45) is -14.7. The van der Waals surface area contributed by atoms with Crippen molar-refractivity contribution in [2.75, 3.05) is 27.9 Å². The minimum Gasteiger partial charge on any atom is -0.462 e. The van der Waals surface area contributed by atoms with Crippen LogP contribution in [0.2, 0.25) is 0 Å². The molecule has 4 aliphatic heterocycles. The number of rotatable bonds is 16. The average Bonchev–Trinajstić information content (AvgIpc) is 3.40. The van der Waals surface area contributed by atoms with E-state index in [9.17, 15) is 50.4 Å². The quantitative estimate of drug-likeness (QED) is 0.0610. The molecule has 0 unspecified atom stereocenters. The first-order valence-corrected chi connectivity index (χ1v) is 27.7. The Labute approximate surface area is 456 Å². The SMILES string of the molecule is C/C=C(\C)C(=O)O[C@@H](C)[C@]1(O)CC[C@@]2(O)[C@]1(C)[C@H](OC(C)=O)C[C@@H]1[C@@]3(C)CC[C@H](O[C@H]4C[C@H](OC)[C@H](O[C@H]5C[C@@H](OC)[C@H](O[C@@H]6O[C@H](C)[C@@H](O[C@@H]7O[C@H](CO)[C@@H](O)[C@H](O)[C@H]7O)[C@H](OC)[C@H]6O)[C@@H](C)O5)[C@@H](C)O4)CC3=CC[C@]12O. The van der Waals surface area contributed by atoms with Crippen molar-refractivity contribution in [1.82, 2.24) is 0 Å². The third kappa shape index (κ3) is 10.6. The van der Waals surface area contributed by atoms with Gasteiger partial charge in [0.15, 0.2) is 25.2 Å². The summed E-state index contributed by atoms with van der Waals surface area (Å²) in [5.74, 6) is -1.79. The van der Waals surface area contributed by atoms with Gasteiger partial charge in [0.1, 0.15) is 83.9 Å². The van der Waals surface area contributed by atoms with Gasteiger partial charge in [-0.1, -0.05) is 31.6 Å². The minimum atomic E-state index is -1.94. The van der Waals surface area contributed by atoms with Crippen molar-refractivity contribution in [3.8, 4) is 0 Å². The van der Waals surface area contributed by atoms with E-state index in [1.807, 2.05) is 13.0 Å². The van der Waals surface area contributed by atoms with Crippen LogP contribution in [-0.2, 0) is 71.2 Å². The molecular formula is C55H88O23. The highest BCUT2D eigenvalue weighted by Crippen LogP contribution is 2.71. The molecule has 7 fully saturated rings. The number of methoxy groups -OCH3 is 3. The number of esters is 2. The van der Waals surface area contributed by atoms with Crippen LogP contribution in [0.3, 0.4) is 0 Å². The van der Waals surface area contributed by atoms with E-state index < -0.39 is 175 Å². The molecule has 78 heavy (non-hydrogen) atoms. The number of carbonyl (C=O) groups is 2. The average molecular weight is 1120 g/mol. The molecule has 8 rings (SSSR count). The van der Waals surface area contributed by atoms with Crippen LogP contribution in [0.4, 0.5) is 0 Å². The highest BCUT2D eigenvalue weighted by atomic mass is 16.8. The number of aliphatic hydroxyl groups is 8. The Morgan fingerprint density at radius 2 is 1.32 bits per heavy atom. The Morgan fingerprint density at radius 1 is 0.731 bits per heavy atom. The van der Waals surface area contributed by atoms with Gasteiger partial charge in [-0.05, 0) is 91.9 Å². The summed E-state index contributed by atoms with van der Waals surface area (Å²) in [5, 5.41) is 91.1. The second-order valence-corrected chi connectivity index (χ2v) is 23.6. The Morgan fingerprint density at radius 3 is 1.91 bits per heavy atom. The molecule has 4 saturated heterocycles. The number of carbonyl (C=O) groups excluding carboxylic acids is 2. The van der Waals surface area contributed by atoms with Crippen LogP contribution < -0.4 is 0 Å². The largest absolute Gasteiger partial charge is 0.462 e. The maximum Gasteiger partial charge on any atom is 0.333 e. The number of fused-ring (bicyclic) bond motifs is 5. The van der Waals surface area contributed by atoms with Crippen molar-refractivity contribution < 1.29 is 112 Å². The molecule has 4 heterocycles. The molecule has 27 atom stereocenters. The van der Waals surface area contributed by atoms with Crippen molar-refractivity contribution in [3.05, 3.63) is 23.3 Å². The lowest BCUT2D eigenvalue weighted by atomic mass is 9.42. The second-order valence-electron chi connectivity index (χ2n) is 23.6. The molecule has 0 bridgehead atoms. The van der Waals surface area contributed by atoms with E-state index in [0.29, 0.717) is 31.3 Å². The van der Waals surface area contributed by atoms with Gasteiger partial charge in [-0.2, -0.15) is 0 Å². The fourth-order valence-corrected chi connectivity index (χ4v) is 14.7. The van der Waals surface area contributed by atoms with Crippen LogP contribution in [0.5, 0.6) is 0 Å². The lowest BCUT2D eigenvalue weighted by Gasteiger charge is -2.67. The standard InChI is InChI=1S/C55H88O23/c1-13-25(2)48(62)72-29(6)53(63)18-19-55(65)52(53,9)37(73-30(7)57)23-36-51(8)16-15-32(20-31(51)14-17-54(36,55)64)74-38-21-33(66-10)44(26(3)69-38)76-39-22-34(67-11)45(27(4)70-39)77-50-43(61)47(68-12)46(28(5)71-50)78-49-42(60)41(59)40(58)35(24-56)75-49/h13-14,26-29,32-47,49-50,56,58-61,63-65H,15-24H2,1-12H3/b25-13+/t26-,27-,28-,29+,32+,33+,34-,35-,36-,37-,38+,39+,40-,41+,42-,43-,44-,45-,46-,47-,49+,50+,51+,52-,53-,54+,55-/m1/s1. The topological polar surface area (TPSA) is 316 Å². The van der Waals surface area contributed by atoms with Crippen LogP contribution in [0, 0.1) is 16.7 Å². The number of hydrogen-bond acceptors (Lipinski definition) is 23. The first-order valence-electron chi connectivity index (χ1n) is 27.7. The van der Waals surface area contributed by atoms with E-state index in [2.05, 4.69) is 6.92 Å². The van der Waals surface area contributed by atoms with Crippen molar-refractivity contribution in [2.24, 2.45) is 16.7 Å². The van der Waals surface area contributed by atoms with Crippen LogP contribution in [0.15, 0.2) is 23.3 Å². The smallest absolute Gasteiger partial charge is 0.333 e. The molecule has 8 N–H and O–H groups in total. The lowest BCUT2D eigenvalue weighted by molar-refractivity contribution is -0.373. The van der Waals surface area contributed by atoms with E-state index in [1.165, 1.54) is 21.1 Å². The van der Waals surface area contributed by atoms with E-state index in [-0.39, 0.29) is 38.2 Å². The Hall–Kier alpha value is -2.34. The number of aliphatic hydroxyl groups excluding tert-OH is 5. The molecule has 446 valence electrons. The van der Waals surface area contributed by atoms with E-state index in [4.69, 9.17) is 61.6 Å². The van der Waals surface area contributed by atoms with Gasteiger partial charge in [0.25, 0.3) is 0 Å². The summed E-state index contributed by atoms with van der Waals surface area (Å²) < 4.78 is 79.7. The Balaban J connectivity index is 0.882. The number of hydrogen-bond donors (Lipinski definition) is 8. The molecule has 0 amide bonds. The third-order valence-corrected chi connectivity index (χ3v) is 19.6.